The van der Waals surface area contributed by atoms with E-state index in [1.807, 2.05) is 18.2 Å². The zero-order chi connectivity index (χ0) is 11.5. The van der Waals surface area contributed by atoms with E-state index in [-0.39, 0.29) is 12.2 Å². The molecule has 1 aliphatic rings. The highest BCUT2D eigenvalue weighted by atomic mass is 16.5. The highest BCUT2D eigenvalue weighted by Crippen LogP contribution is 2.37. The van der Waals surface area contributed by atoms with Crippen LogP contribution < -0.4 is 4.74 Å². The molecular formula is C14H18O2. The molecule has 1 aromatic carbocycles. The molecular weight excluding hydrogens is 200 g/mol. The molecule has 0 aliphatic carbocycles. The Balaban J connectivity index is 2.25. The summed E-state index contributed by atoms with van der Waals surface area (Å²) < 4.78 is 11.3. The summed E-state index contributed by atoms with van der Waals surface area (Å²) in [4.78, 5) is 0. The average Bonchev–Trinajstić information content (AvgIpc) is 2.27. The molecule has 1 aliphatic heterocycles. The van der Waals surface area contributed by atoms with Crippen LogP contribution in [0.25, 0.3) is 0 Å². The van der Waals surface area contributed by atoms with E-state index in [1.165, 1.54) is 5.57 Å². The molecule has 1 aromatic rings. The van der Waals surface area contributed by atoms with Crippen molar-refractivity contribution in [3.05, 3.63) is 42.0 Å². The van der Waals surface area contributed by atoms with Crippen molar-refractivity contribution in [3.8, 4) is 5.75 Å². The van der Waals surface area contributed by atoms with Gasteiger partial charge in [-0.1, -0.05) is 30.4 Å². The Morgan fingerprint density at radius 1 is 1.31 bits per heavy atom. The monoisotopic (exact) mass is 218 g/mol. The van der Waals surface area contributed by atoms with Crippen LogP contribution in [0.4, 0.5) is 0 Å². The molecule has 0 radical (unpaired) electrons. The van der Waals surface area contributed by atoms with Crippen LogP contribution in [-0.4, -0.2) is 13.2 Å². The molecule has 0 bridgehead atoms. The largest absolute Gasteiger partial charge is 0.496 e. The van der Waals surface area contributed by atoms with Crippen LogP contribution in [0.1, 0.15) is 31.4 Å². The first-order valence-corrected chi connectivity index (χ1v) is 5.65. The number of para-hydroxylation sites is 1. The Morgan fingerprint density at radius 2 is 2.06 bits per heavy atom. The summed E-state index contributed by atoms with van der Waals surface area (Å²) in [6.45, 7) is 6.17. The molecule has 16 heavy (non-hydrogen) atoms. The molecule has 0 N–H and O–H groups in total. The maximum absolute atomic E-state index is 5.94. The van der Waals surface area contributed by atoms with Gasteiger partial charge in [0.2, 0.25) is 0 Å². The second-order valence-corrected chi connectivity index (χ2v) is 4.34. The molecule has 86 valence electrons. The second-order valence-electron chi connectivity index (χ2n) is 4.34. The van der Waals surface area contributed by atoms with Gasteiger partial charge in [-0.05, 0) is 25.8 Å². The molecule has 0 spiro atoms. The van der Waals surface area contributed by atoms with Gasteiger partial charge < -0.3 is 9.47 Å². The lowest BCUT2D eigenvalue weighted by atomic mass is 9.95. The van der Waals surface area contributed by atoms with Crippen molar-refractivity contribution < 1.29 is 9.47 Å². The molecule has 1 saturated heterocycles. The van der Waals surface area contributed by atoms with Crippen LogP contribution in [0.3, 0.4) is 0 Å². The van der Waals surface area contributed by atoms with Crippen LogP contribution in [-0.2, 0) is 4.74 Å². The maximum Gasteiger partial charge on any atom is 0.124 e. The van der Waals surface area contributed by atoms with Crippen LogP contribution in [0, 0.1) is 0 Å². The van der Waals surface area contributed by atoms with E-state index >= 15 is 0 Å². The minimum atomic E-state index is 0.0902. The zero-order valence-corrected chi connectivity index (χ0v) is 9.90. The van der Waals surface area contributed by atoms with Crippen molar-refractivity contribution in [1.29, 1.82) is 0 Å². The normalized spacial score (nSPS) is 25.5. The number of benzene rings is 1. The van der Waals surface area contributed by atoms with Gasteiger partial charge >= 0.3 is 0 Å². The lowest BCUT2D eigenvalue weighted by Gasteiger charge is -2.30. The van der Waals surface area contributed by atoms with Crippen molar-refractivity contribution in [2.75, 3.05) is 7.11 Å². The third-order valence-corrected chi connectivity index (χ3v) is 2.93. The maximum atomic E-state index is 5.94. The van der Waals surface area contributed by atoms with E-state index in [0.717, 1.165) is 24.2 Å². The van der Waals surface area contributed by atoms with E-state index in [4.69, 9.17) is 9.47 Å². The quantitative estimate of drug-likeness (QED) is 0.707. The predicted octanol–water partition coefficient (Wildman–Crippen LogP) is 3.49. The van der Waals surface area contributed by atoms with Crippen LogP contribution >= 0.6 is 0 Å². The van der Waals surface area contributed by atoms with Gasteiger partial charge in [-0.3, -0.25) is 0 Å². The zero-order valence-electron chi connectivity index (χ0n) is 9.90. The molecule has 2 rings (SSSR count). The summed E-state index contributed by atoms with van der Waals surface area (Å²) in [5.41, 5.74) is 2.38. The molecule has 0 unspecified atom stereocenters. The summed E-state index contributed by atoms with van der Waals surface area (Å²) in [5, 5.41) is 0. The molecule has 0 aromatic heterocycles. The van der Waals surface area contributed by atoms with Crippen molar-refractivity contribution in [2.24, 2.45) is 0 Å². The molecule has 1 heterocycles. The molecule has 1 fully saturated rings. The fourth-order valence-electron chi connectivity index (χ4n) is 2.24. The Labute approximate surface area is 96.9 Å². The minimum absolute atomic E-state index is 0.0902. The predicted molar refractivity (Wildman–Crippen MR) is 64.7 cm³/mol. The van der Waals surface area contributed by atoms with E-state index in [0.29, 0.717) is 0 Å². The number of ether oxygens (including phenoxy) is 2. The van der Waals surface area contributed by atoms with Gasteiger partial charge in [0.25, 0.3) is 0 Å². The van der Waals surface area contributed by atoms with Crippen molar-refractivity contribution in [1.82, 2.24) is 0 Å². The molecule has 2 nitrogen and oxygen atoms in total. The van der Waals surface area contributed by atoms with E-state index in [9.17, 15) is 0 Å². The highest BCUT2D eigenvalue weighted by molar-refractivity contribution is 5.36. The van der Waals surface area contributed by atoms with Crippen molar-refractivity contribution in [2.45, 2.75) is 32.0 Å². The van der Waals surface area contributed by atoms with E-state index in [2.05, 4.69) is 19.6 Å². The summed E-state index contributed by atoms with van der Waals surface area (Å²) in [6, 6.07) is 8.03. The van der Waals surface area contributed by atoms with Crippen molar-refractivity contribution in [3.63, 3.8) is 0 Å². The summed E-state index contributed by atoms with van der Waals surface area (Å²) in [5.74, 6) is 0.898. The summed E-state index contributed by atoms with van der Waals surface area (Å²) in [7, 11) is 1.69. The van der Waals surface area contributed by atoms with Gasteiger partial charge in [0.1, 0.15) is 5.75 Å². The Kier molecular flexibility index (Phi) is 3.30. The number of rotatable bonds is 2. The van der Waals surface area contributed by atoms with Crippen LogP contribution in [0.2, 0.25) is 0 Å². The van der Waals surface area contributed by atoms with Gasteiger partial charge in [-0.25, -0.2) is 0 Å². The van der Waals surface area contributed by atoms with Gasteiger partial charge in [0.15, 0.2) is 0 Å². The molecule has 2 atom stereocenters. The van der Waals surface area contributed by atoms with Crippen LogP contribution in [0.15, 0.2) is 36.4 Å². The van der Waals surface area contributed by atoms with Gasteiger partial charge in [0, 0.05) is 5.56 Å². The SMILES string of the molecule is C=C1C[C@@H](C)O[C@H](c2ccccc2OC)C1. The van der Waals surface area contributed by atoms with Gasteiger partial charge in [-0.2, -0.15) is 0 Å². The second kappa shape index (κ2) is 4.71. The first-order chi connectivity index (χ1) is 7.70. The fourth-order valence-corrected chi connectivity index (χ4v) is 2.24. The summed E-state index contributed by atoms with van der Waals surface area (Å²) >= 11 is 0. The smallest absolute Gasteiger partial charge is 0.124 e. The lowest BCUT2D eigenvalue weighted by Crippen LogP contribution is -2.21. The standard InChI is InChI=1S/C14H18O2/c1-10-8-11(2)16-14(9-10)12-6-4-5-7-13(12)15-3/h4-7,11,14H,1,8-9H2,2-3H3/t11-,14+/m1/s1. The Bertz CT molecular complexity index is 384. The van der Waals surface area contributed by atoms with E-state index < -0.39 is 0 Å². The fraction of sp³-hybridized carbons (Fsp3) is 0.429. The third-order valence-electron chi connectivity index (χ3n) is 2.93. The Morgan fingerprint density at radius 3 is 2.75 bits per heavy atom. The Hall–Kier alpha value is -1.28. The first kappa shape index (κ1) is 11.2. The van der Waals surface area contributed by atoms with Crippen molar-refractivity contribution >= 4 is 0 Å². The molecule has 0 amide bonds. The number of hydrogen-bond donors (Lipinski definition) is 0. The topological polar surface area (TPSA) is 18.5 Å². The first-order valence-electron chi connectivity index (χ1n) is 5.65. The molecule has 2 heteroatoms. The molecule has 0 saturated carbocycles. The van der Waals surface area contributed by atoms with Gasteiger partial charge in [0.05, 0.1) is 19.3 Å². The lowest BCUT2D eigenvalue weighted by molar-refractivity contribution is -0.0234. The number of hydrogen-bond acceptors (Lipinski definition) is 2. The highest BCUT2D eigenvalue weighted by Gasteiger charge is 2.25. The average molecular weight is 218 g/mol. The number of methoxy groups -OCH3 is 1. The third kappa shape index (κ3) is 2.27. The van der Waals surface area contributed by atoms with Crippen LogP contribution in [0.5, 0.6) is 5.75 Å². The minimum Gasteiger partial charge on any atom is -0.496 e. The van der Waals surface area contributed by atoms with Gasteiger partial charge in [-0.15, -0.1) is 0 Å². The summed E-state index contributed by atoms with van der Waals surface area (Å²) in [6.07, 6.45) is 2.19. The van der Waals surface area contributed by atoms with E-state index in [1.54, 1.807) is 7.11 Å².